The Morgan fingerprint density at radius 1 is 1.42 bits per heavy atom. The third-order valence-electron chi connectivity index (χ3n) is 3.14. The molecule has 0 bridgehead atoms. The van der Waals surface area contributed by atoms with Crippen LogP contribution in [0.15, 0.2) is 0 Å². The number of hydrogen-bond acceptors (Lipinski definition) is 2. The van der Waals surface area contributed by atoms with Crippen molar-refractivity contribution in [3.63, 3.8) is 0 Å². The lowest BCUT2D eigenvalue weighted by molar-refractivity contribution is -0.268. The molecule has 1 saturated heterocycles. The lowest BCUT2D eigenvalue weighted by Crippen LogP contribution is -2.59. The van der Waals surface area contributed by atoms with E-state index < -0.39 is 0 Å². The fourth-order valence-corrected chi connectivity index (χ4v) is 1.98. The minimum Gasteiger partial charge on any atom is -0.327 e. The Bertz CT molecular complexity index is 170. The highest BCUT2D eigenvalue weighted by atomic mass is 16.5. The summed E-state index contributed by atoms with van der Waals surface area (Å²) in [6.45, 7) is 7.93. The van der Waals surface area contributed by atoms with E-state index in [-0.39, 0.29) is 17.6 Å². The average molecular weight is 171 g/mol. The summed E-state index contributed by atoms with van der Waals surface area (Å²) in [5.41, 5.74) is 5.65. The molecule has 0 aliphatic carbocycles. The van der Waals surface area contributed by atoms with Crippen molar-refractivity contribution < 1.29 is 5.21 Å². The zero-order valence-electron chi connectivity index (χ0n) is 8.37. The summed E-state index contributed by atoms with van der Waals surface area (Å²) in [4.78, 5) is 0. The van der Waals surface area contributed by atoms with Crippen LogP contribution in [-0.2, 0) is 5.21 Å². The first-order valence-corrected chi connectivity index (χ1v) is 4.58. The standard InChI is InChI=1S/C9H19N2O/c1-6-7(2)11(12)9(3,4)5-8(6)10/h6-8H,5,10H2,1-4H3. The quantitative estimate of drug-likeness (QED) is 0.594. The zero-order chi connectivity index (χ0) is 9.52. The van der Waals surface area contributed by atoms with E-state index in [0.717, 1.165) is 6.42 Å². The molecular formula is C9H19N2O. The van der Waals surface area contributed by atoms with Crippen LogP contribution >= 0.6 is 0 Å². The van der Waals surface area contributed by atoms with Crippen LogP contribution in [0.1, 0.15) is 34.1 Å². The molecule has 1 heterocycles. The van der Waals surface area contributed by atoms with Gasteiger partial charge in [-0.1, -0.05) is 6.92 Å². The molecular weight excluding hydrogens is 152 g/mol. The molecule has 3 heteroatoms. The number of nitrogens with two attached hydrogens (primary N) is 1. The average Bonchev–Trinajstić information content (AvgIpc) is 1.97. The van der Waals surface area contributed by atoms with Crippen molar-refractivity contribution in [1.29, 1.82) is 0 Å². The molecule has 3 unspecified atom stereocenters. The molecule has 0 aromatic rings. The van der Waals surface area contributed by atoms with Gasteiger partial charge in [-0.05, 0) is 33.1 Å². The van der Waals surface area contributed by atoms with Crippen molar-refractivity contribution in [1.82, 2.24) is 5.06 Å². The largest absolute Gasteiger partial charge is 0.327 e. The second kappa shape index (κ2) is 2.98. The molecule has 3 nitrogen and oxygen atoms in total. The number of piperidine rings is 1. The summed E-state index contributed by atoms with van der Waals surface area (Å²) < 4.78 is 0. The van der Waals surface area contributed by atoms with E-state index in [1.165, 1.54) is 5.06 Å². The fraction of sp³-hybridized carbons (Fsp3) is 1.00. The third-order valence-corrected chi connectivity index (χ3v) is 3.14. The SMILES string of the molecule is CC1C(N)CC(C)(C)N([O])C1C. The van der Waals surface area contributed by atoms with Gasteiger partial charge in [0.05, 0.1) is 0 Å². The lowest BCUT2D eigenvalue weighted by Gasteiger charge is -2.46. The minimum atomic E-state index is -0.286. The van der Waals surface area contributed by atoms with E-state index in [0.29, 0.717) is 5.92 Å². The highest BCUT2D eigenvalue weighted by molar-refractivity contribution is 4.94. The maximum Gasteiger partial charge on any atom is 0.0455 e. The highest BCUT2D eigenvalue weighted by Crippen LogP contribution is 2.32. The molecule has 0 aromatic carbocycles. The van der Waals surface area contributed by atoms with Crippen LogP contribution in [0.5, 0.6) is 0 Å². The van der Waals surface area contributed by atoms with E-state index >= 15 is 0 Å². The van der Waals surface area contributed by atoms with Gasteiger partial charge >= 0.3 is 0 Å². The Morgan fingerprint density at radius 2 is 1.92 bits per heavy atom. The van der Waals surface area contributed by atoms with Gasteiger partial charge in [0.15, 0.2) is 0 Å². The van der Waals surface area contributed by atoms with Gasteiger partial charge < -0.3 is 5.73 Å². The molecule has 0 aromatic heterocycles. The predicted octanol–water partition coefficient (Wildman–Crippen LogP) is 1.17. The Balaban J connectivity index is 2.78. The minimum absolute atomic E-state index is 0.0451. The molecule has 1 aliphatic heterocycles. The molecule has 0 saturated carbocycles. The van der Waals surface area contributed by atoms with Crippen molar-refractivity contribution in [3.8, 4) is 0 Å². The maximum atomic E-state index is 11.7. The van der Waals surface area contributed by atoms with Crippen LogP contribution in [0.4, 0.5) is 0 Å². The first kappa shape index (κ1) is 9.96. The van der Waals surface area contributed by atoms with Crippen LogP contribution in [0.25, 0.3) is 0 Å². The molecule has 2 N–H and O–H groups in total. The van der Waals surface area contributed by atoms with Crippen LogP contribution < -0.4 is 5.73 Å². The molecule has 0 amide bonds. The van der Waals surface area contributed by atoms with E-state index in [4.69, 9.17) is 5.73 Å². The van der Waals surface area contributed by atoms with Gasteiger partial charge in [0.25, 0.3) is 0 Å². The predicted molar refractivity (Wildman–Crippen MR) is 47.8 cm³/mol. The molecule has 1 aliphatic rings. The normalized spacial score (nSPS) is 43.0. The van der Waals surface area contributed by atoms with E-state index in [2.05, 4.69) is 6.92 Å². The number of nitrogens with zero attached hydrogens (tertiary/aromatic N) is 1. The summed E-state index contributed by atoms with van der Waals surface area (Å²) in [5, 5.41) is 12.9. The van der Waals surface area contributed by atoms with Gasteiger partial charge in [-0.3, -0.25) is 0 Å². The van der Waals surface area contributed by atoms with E-state index in [1.807, 2.05) is 20.8 Å². The van der Waals surface area contributed by atoms with Gasteiger partial charge in [-0.25, -0.2) is 0 Å². The van der Waals surface area contributed by atoms with Crippen molar-refractivity contribution in [3.05, 3.63) is 0 Å². The van der Waals surface area contributed by atoms with Crippen LogP contribution in [-0.4, -0.2) is 22.7 Å². The second-order valence-corrected chi connectivity index (χ2v) is 4.61. The molecule has 71 valence electrons. The van der Waals surface area contributed by atoms with E-state index in [1.54, 1.807) is 0 Å². The molecule has 3 atom stereocenters. The molecule has 1 rings (SSSR count). The summed E-state index contributed by atoms with van der Waals surface area (Å²) in [7, 11) is 0. The maximum absolute atomic E-state index is 11.7. The van der Waals surface area contributed by atoms with Gasteiger partial charge in [-0.2, -0.15) is 0 Å². The summed E-state index contributed by atoms with van der Waals surface area (Å²) >= 11 is 0. The smallest absolute Gasteiger partial charge is 0.0455 e. The summed E-state index contributed by atoms with van der Waals surface area (Å²) in [6.07, 6.45) is 0.794. The third kappa shape index (κ3) is 1.49. The number of rotatable bonds is 0. The molecule has 1 radical (unpaired) electrons. The van der Waals surface area contributed by atoms with Gasteiger partial charge in [-0.15, -0.1) is 10.3 Å². The van der Waals surface area contributed by atoms with Crippen molar-refractivity contribution >= 4 is 0 Å². The van der Waals surface area contributed by atoms with Crippen LogP contribution in [0.2, 0.25) is 0 Å². The van der Waals surface area contributed by atoms with Crippen molar-refractivity contribution in [2.75, 3.05) is 0 Å². The molecule has 1 fully saturated rings. The molecule has 12 heavy (non-hydrogen) atoms. The summed E-state index contributed by atoms with van der Waals surface area (Å²) in [6, 6.07) is 0.212. The Kier molecular flexibility index (Phi) is 2.47. The van der Waals surface area contributed by atoms with Gasteiger partial charge in [0.2, 0.25) is 0 Å². The first-order valence-electron chi connectivity index (χ1n) is 4.58. The Morgan fingerprint density at radius 3 is 2.42 bits per heavy atom. The van der Waals surface area contributed by atoms with E-state index in [9.17, 15) is 5.21 Å². The Labute approximate surface area is 74.5 Å². The monoisotopic (exact) mass is 171 g/mol. The second-order valence-electron chi connectivity index (χ2n) is 4.61. The van der Waals surface area contributed by atoms with Crippen molar-refractivity contribution in [2.45, 2.75) is 51.7 Å². The van der Waals surface area contributed by atoms with Crippen LogP contribution in [0.3, 0.4) is 0 Å². The number of hydrogen-bond donors (Lipinski definition) is 1. The lowest BCUT2D eigenvalue weighted by atomic mass is 9.79. The van der Waals surface area contributed by atoms with Crippen molar-refractivity contribution in [2.24, 2.45) is 11.7 Å². The summed E-state index contributed by atoms with van der Waals surface area (Å²) in [5.74, 6) is 0.301. The zero-order valence-corrected chi connectivity index (χ0v) is 8.37. The van der Waals surface area contributed by atoms with Crippen LogP contribution in [0, 0.1) is 5.92 Å². The fourth-order valence-electron chi connectivity index (χ4n) is 1.98. The highest BCUT2D eigenvalue weighted by Gasteiger charge is 2.42. The van der Waals surface area contributed by atoms with Gasteiger partial charge in [0.1, 0.15) is 0 Å². The first-order chi connectivity index (χ1) is 5.36. The topological polar surface area (TPSA) is 49.2 Å². The Hall–Kier alpha value is -0.120. The van der Waals surface area contributed by atoms with Gasteiger partial charge in [0, 0.05) is 17.6 Å². The number of hydroxylamine groups is 2. The molecule has 0 spiro atoms.